The van der Waals surface area contributed by atoms with Crippen molar-refractivity contribution in [2.75, 3.05) is 10.8 Å². The highest BCUT2D eigenvalue weighted by Gasteiger charge is 2.26. The SMILES string of the molecule is O=C(O)CCCN(c1cc(Cl)ccc1Cl)S(=O)(=O)c1ccc(Cl)cc1. The monoisotopic (exact) mass is 421 g/mol. The Balaban J connectivity index is 2.47. The molecule has 5 nitrogen and oxygen atoms in total. The lowest BCUT2D eigenvalue weighted by molar-refractivity contribution is -0.137. The normalized spacial score (nSPS) is 11.3. The molecule has 0 amide bonds. The van der Waals surface area contributed by atoms with E-state index < -0.39 is 16.0 Å². The van der Waals surface area contributed by atoms with E-state index in [9.17, 15) is 13.2 Å². The Morgan fingerprint density at radius 1 is 1.00 bits per heavy atom. The van der Waals surface area contributed by atoms with Crippen molar-refractivity contribution in [2.24, 2.45) is 0 Å². The highest BCUT2D eigenvalue weighted by Crippen LogP contribution is 2.33. The van der Waals surface area contributed by atoms with Crippen molar-refractivity contribution in [2.45, 2.75) is 17.7 Å². The summed E-state index contributed by atoms with van der Waals surface area (Å²) in [5, 5.41) is 9.72. The highest BCUT2D eigenvalue weighted by atomic mass is 35.5. The number of halogens is 3. The molecule has 0 saturated carbocycles. The van der Waals surface area contributed by atoms with Crippen LogP contribution in [0, 0.1) is 0 Å². The summed E-state index contributed by atoms with van der Waals surface area (Å²) in [7, 11) is -3.97. The first-order valence-corrected chi connectivity index (χ1v) is 9.74. The lowest BCUT2D eigenvalue weighted by atomic mass is 10.3. The van der Waals surface area contributed by atoms with Crippen LogP contribution in [0.1, 0.15) is 12.8 Å². The van der Waals surface area contributed by atoms with Gasteiger partial charge in [-0.05, 0) is 48.9 Å². The minimum Gasteiger partial charge on any atom is -0.481 e. The van der Waals surface area contributed by atoms with E-state index in [-0.39, 0.29) is 35.0 Å². The zero-order chi connectivity index (χ0) is 18.6. The zero-order valence-electron chi connectivity index (χ0n) is 12.8. The summed E-state index contributed by atoms with van der Waals surface area (Å²) >= 11 is 17.9. The van der Waals surface area contributed by atoms with Crippen LogP contribution in [0.5, 0.6) is 0 Å². The fraction of sp³-hybridized carbons (Fsp3) is 0.188. The van der Waals surface area contributed by atoms with E-state index in [1.54, 1.807) is 0 Å². The molecule has 0 spiro atoms. The van der Waals surface area contributed by atoms with Gasteiger partial charge in [0.25, 0.3) is 10.0 Å². The molecule has 0 saturated heterocycles. The van der Waals surface area contributed by atoms with Crippen LogP contribution in [-0.2, 0) is 14.8 Å². The Morgan fingerprint density at radius 3 is 2.20 bits per heavy atom. The van der Waals surface area contributed by atoms with E-state index in [2.05, 4.69) is 0 Å². The van der Waals surface area contributed by atoms with Crippen molar-refractivity contribution in [3.8, 4) is 0 Å². The first kappa shape index (κ1) is 19.8. The van der Waals surface area contributed by atoms with Crippen molar-refractivity contribution in [3.63, 3.8) is 0 Å². The van der Waals surface area contributed by atoms with Crippen LogP contribution < -0.4 is 4.31 Å². The average Bonchev–Trinajstić information content (AvgIpc) is 2.54. The van der Waals surface area contributed by atoms with Crippen LogP contribution in [0.2, 0.25) is 15.1 Å². The first-order chi connectivity index (χ1) is 11.7. The van der Waals surface area contributed by atoms with Crippen molar-refractivity contribution in [3.05, 3.63) is 57.5 Å². The van der Waals surface area contributed by atoms with Gasteiger partial charge in [0, 0.05) is 23.0 Å². The van der Waals surface area contributed by atoms with Gasteiger partial charge in [-0.3, -0.25) is 9.10 Å². The van der Waals surface area contributed by atoms with E-state index in [0.29, 0.717) is 10.0 Å². The third-order valence-corrected chi connectivity index (χ3v) is 5.96. The Labute approximate surface area is 160 Å². The molecular formula is C16H14Cl3NO4S. The maximum atomic E-state index is 13.0. The fourth-order valence-electron chi connectivity index (χ4n) is 2.15. The predicted octanol–water partition coefficient (Wildman–Crippen LogP) is 4.71. The van der Waals surface area contributed by atoms with Crippen LogP contribution in [0.25, 0.3) is 0 Å². The average molecular weight is 423 g/mol. The van der Waals surface area contributed by atoms with Gasteiger partial charge in [0.2, 0.25) is 0 Å². The summed E-state index contributed by atoms with van der Waals surface area (Å²) in [6.07, 6.45) is -0.0597. The molecule has 134 valence electrons. The Bertz CT molecular complexity index is 869. The molecule has 2 aromatic rings. The van der Waals surface area contributed by atoms with Crippen molar-refractivity contribution in [1.29, 1.82) is 0 Å². The molecule has 0 aliphatic carbocycles. The molecule has 2 aromatic carbocycles. The Morgan fingerprint density at radius 2 is 1.60 bits per heavy atom. The topological polar surface area (TPSA) is 74.7 Å². The number of nitrogens with zero attached hydrogens (tertiary/aromatic N) is 1. The molecule has 0 atom stereocenters. The first-order valence-electron chi connectivity index (χ1n) is 7.17. The summed E-state index contributed by atoms with van der Waals surface area (Å²) in [6, 6.07) is 10.1. The standard InChI is InChI=1S/C16H14Cl3NO4S/c17-11-3-6-13(7-4-11)25(23,24)20(9-1-2-16(21)22)15-10-12(18)5-8-14(15)19/h3-8,10H,1-2,9H2,(H,21,22). The number of carbonyl (C=O) groups is 1. The number of carboxylic acids is 1. The number of benzene rings is 2. The third kappa shape index (κ3) is 5.01. The molecule has 2 rings (SSSR count). The number of carboxylic acid groups (broad SMARTS) is 1. The molecule has 0 bridgehead atoms. The number of hydrogen-bond acceptors (Lipinski definition) is 3. The van der Waals surface area contributed by atoms with Gasteiger partial charge >= 0.3 is 5.97 Å². The lowest BCUT2D eigenvalue weighted by Gasteiger charge is -2.25. The van der Waals surface area contributed by atoms with Gasteiger partial charge in [0.15, 0.2) is 0 Å². The minimum absolute atomic E-state index is 0.0169. The smallest absolute Gasteiger partial charge is 0.303 e. The third-order valence-electron chi connectivity index (χ3n) is 3.33. The van der Waals surface area contributed by atoms with Gasteiger partial charge in [0.1, 0.15) is 0 Å². The summed E-state index contributed by atoms with van der Waals surface area (Å²) in [5.41, 5.74) is 0.189. The minimum atomic E-state index is -3.97. The van der Waals surface area contributed by atoms with E-state index in [0.717, 1.165) is 4.31 Å². The molecule has 25 heavy (non-hydrogen) atoms. The van der Waals surface area contributed by atoms with Crippen molar-refractivity contribution in [1.82, 2.24) is 0 Å². The van der Waals surface area contributed by atoms with Gasteiger partial charge in [-0.15, -0.1) is 0 Å². The molecule has 0 unspecified atom stereocenters. The Hall–Kier alpha value is -1.47. The summed E-state index contributed by atoms with van der Waals surface area (Å²) in [5.74, 6) is -1.01. The Kier molecular flexibility index (Phi) is 6.57. The molecule has 0 aliphatic heterocycles. The molecule has 1 N–H and O–H groups in total. The lowest BCUT2D eigenvalue weighted by Crippen LogP contribution is -2.32. The fourth-order valence-corrected chi connectivity index (χ4v) is 4.23. The number of sulfonamides is 1. The van der Waals surface area contributed by atoms with E-state index in [1.807, 2.05) is 0 Å². The van der Waals surface area contributed by atoms with Crippen LogP contribution in [-0.4, -0.2) is 26.0 Å². The molecule has 0 aromatic heterocycles. The molecular weight excluding hydrogens is 409 g/mol. The van der Waals surface area contributed by atoms with E-state index in [4.69, 9.17) is 39.9 Å². The second kappa shape index (κ2) is 8.27. The van der Waals surface area contributed by atoms with Gasteiger partial charge < -0.3 is 5.11 Å². The zero-order valence-corrected chi connectivity index (χ0v) is 15.9. The van der Waals surface area contributed by atoms with Crippen LogP contribution in [0.3, 0.4) is 0 Å². The second-order valence-corrected chi connectivity index (χ2v) is 8.27. The van der Waals surface area contributed by atoms with E-state index in [1.165, 1.54) is 42.5 Å². The van der Waals surface area contributed by atoms with Crippen LogP contribution in [0.15, 0.2) is 47.4 Å². The largest absolute Gasteiger partial charge is 0.481 e. The predicted molar refractivity (Wildman–Crippen MR) is 99.3 cm³/mol. The number of aliphatic carboxylic acids is 1. The molecule has 0 heterocycles. The van der Waals surface area contributed by atoms with Gasteiger partial charge in [-0.2, -0.15) is 0 Å². The molecule has 0 radical (unpaired) electrons. The summed E-state index contributed by atoms with van der Waals surface area (Å²) in [4.78, 5) is 10.8. The van der Waals surface area contributed by atoms with Crippen LogP contribution in [0.4, 0.5) is 5.69 Å². The maximum Gasteiger partial charge on any atom is 0.303 e. The second-order valence-electron chi connectivity index (χ2n) is 5.12. The summed E-state index contributed by atoms with van der Waals surface area (Å²) in [6.45, 7) is -0.0582. The van der Waals surface area contributed by atoms with Gasteiger partial charge in [0.05, 0.1) is 15.6 Å². The van der Waals surface area contributed by atoms with Gasteiger partial charge in [-0.1, -0.05) is 34.8 Å². The number of anilines is 1. The quantitative estimate of drug-likeness (QED) is 0.701. The highest BCUT2D eigenvalue weighted by molar-refractivity contribution is 7.92. The van der Waals surface area contributed by atoms with Crippen LogP contribution >= 0.6 is 34.8 Å². The molecule has 0 aliphatic rings. The number of hydrogen-bond donors (Lipinski definition) is 1. The number of rotatable bonds is 7. The van der Waals surface area contributed by atoms with E-state index >= 15 is 0 Å². The van der Waals surface area contributed by atoms with Crippen molar-refractivity contribution < 1.29 is 18.3 Å². The maximum absolute atomic E-state index is 13.0. The summed E-state index contributed by atoms with van der Waals surface area (Å²) < 4.78 is 27.1. The van der Waals surface area contributed by atoms with Crippen molar-refractivity contribution >= 4 is 56.5 Å². The molecule has 9 heteroatoms. The van der Waals surface area contributed by atoms with Gasteiger partial charge in [-0.25, -0.2) is 8.42 Å². The molecule has 0 fully saturated rings.